The van der Waals surface area contributed by atoms with Crippen LogP contribution in [0.25, 0.3) is 16.8 Å². The number of pyridine rings is 1. The number of carbonyl (C=O) groups excluding carboxylic acids is 1. The molecular formula is C21H19NO2. The van der Waals surface area contributed by atoms with Crippen molar-refractivity contribution >= 4 is 11.5 Å². The molecule has 3 aromatic rings. The Kier molecular flexibility index (Phi) is 3.02. The van der Waals surface area contributed by atoms with Crippen LogP contribution >= 0.6 is 0 Å². The Hall–Kier alpha value is -2.55. The minimum Gasteiger partial charge on any atom is -0.458 e. The van der Waals surface area contributed by atoms with Crippen molar-refractivity contribution in [3.63, 3.8) is 0 Å². The zero-order valence-corrected chi connectivity index (χ0v) is 13.4. The number of hydrogen-bond donors (Lipinski definition) is 0. The topological polar surface area (TPSA) is 30.7 Å². The molecule has 5 rings (SSSR count). The fraction of sp³-hybridized carbons (Fsp3) is 0.286. The lowest BCUT2D eigenvalue weighted by atomic mass is 9.77. The van der Waals surface area contributed by atoms with Gasteiger partial charge in [-0.05, 0) is 37.0 Å². The van der Waals surface area contributed by atoms with E-state index in [9.17, 15) is 4.79 Å². The van der Waals surface area contributed by atoms with Crippen LogP contribution in [0, 0.1) is 0 Å². The number of hydrogen-bond acceptors (Lipinski definition) is 2. The minimum atomic E-state index is -0.154. The number of nitrogens with zero attached hydrogens (tertiary/aromatic N) is 1. The Morgan fingerprint density at radius 2 is 1.75 bits per heavy atom. The Labute approximate surface area is 140 Å². The molecule has 3 nitrogen and oxygen atoms in total. The molecule has 2 aliphatic rings. The van der Waals surface area contributed by atoms with Crippen molar-refractivity contribution in [1.29, 1.82) is 0 Å². The maximum Gasteiger partial charge on any atom is 0.340 e. The number of carbonyl (C=O) groups is 1. The van der Waals surface area contributed by atoms with Crippen LogP contribution in [0.4, 0.5) is 0 Å². The van der Waals surface area contributed by atoms with Crippen molar-refractivity contribution in [3.05, 3.63) is 65.9 Å². The standard InChI is InChI=1S/C21H19NO2/c23-21-19-16-11-6-7-13-22(16)20(14-8-2-1-3-9-14)18(19)15-10-4-5-12-17(15)24-21/h1-3,6-9,11,13,15,17H,4-5,10,12H2/t15-,17-/m1/s1. The summed E-state index contributed by atoms with van der Waals surface area (Å²) in [4.78, 5) is 12.8. The molecule has 0 amide bonds. The van der Waals surface area contributed by atoms with Crippen LogP contribution in [0.3, 0.4) is 0 Å². The van der Waals surface area contributed by atoms with Gasteiger partial charge in [0.2, 0.25) is 0 Å². The molecule has 0 N–H and O–H groups in total. The summed E-state index contributed by atoms with van der Waals surface area (Å²) in [5, 5.41) is 0. The van der Waals surface area contributed by atoms with Crippen molar-refractivity contribution in [2.45, 2.75) is 37.7 Å². The van der Waals surface area contributed by atoms with Crippen LogP contribution < -0.4 is 0 Å². The van der Waals surface area contributed by atoms with E-state index in [1.165, 1.54) is 17.5 Å². The zero-order chi connectivity index (χ0) is 16.1. The molecule has 0 spiro atoms. The van der Waals surface area contributed by atoms with Gasteiger partial charge in [0, 0.05) is 17.7 Å². The highest BCUT2D eigenvalue weighted by molar-refractivity contribution is 6.03. The van der Waals surface area contributed by atoms with Crippen molar-refractivity contribution in [3.8, 4) is 11.3 Å². The quantitative estimate of drug-likeness (QED) is 0.603. The fourth-order valence-corrected chi connectivity index (χ4v) is 4.46. The Morgan fingerprint density at radius 3 is 2.62 bits per heavy atom. The Bertz CT molecular complexity index is 926. The number of esters is 1. The Balaban J connectivity index is 1.87. The molecule has 2 atom stereocenters. The molecule has 0 bridgehead atoms. The zero-order valence-electron chi connectivity index (χ0n) is 13.4. The number of aromatic nitrogens is 1. The highest BCUT2D eigenvalue weighted by Gasteiger charge is 2.41. The van der Waals surface area contributed by atoms with Gasteiger partial charge in [0.25, 0.3) is 0 Å². The van der Waals surface area contributed by atoms with Crippen LogP contribution in [0.5, 0.6) is 0 Å². The first-order valence-corrected chi connectivity index (χ1v) is 8.74. The molecule has 1 aliphatic heterocycles. The van der Waals surface area contributed by atoms with Crippen molar-refractivity contribution in [2.24, 2.45) is 0 Å². The molecule has 0 unspecified atom stereocenters. The van der Waals surface area contributed by atoms with Crippen molar-refractivity contribution in [1.82, 2.24) is 4.40 Å². The third-order valence-electron chi connectivity index (χ3n) is 5.46. The van der Waals surface area contributed by atoms with E-state index >= 15 is 0 Å². The molecule has 1 aliphatic carbocycles. The Morgan fingerprint density at radius 1 is 0.958 bits per heavy atom. The van der Waals surface area contributed by atoms with Gasteiger partial charge < -0.3 is 9.14 Å². The summed E-state index contributed by atoms with van der Waals surface area (Å²) in [5.74, 6) is 0.167. The van der Waals surface area contributed by atoms with E-state index in [0.717, 1.165) is 36.0 Å². The molecule has 24 heavy (non-hydrogen) atoms. The van der Waals surface area contributed by atoms with Gasteiger partial charge in [-0.3, -0.25) is 0 Å². The average molecular weight is 317 g/mol. The minimum absolute atomic E-state index is 0.0404. The van der Waals surface area contributed by atoms with E-state index in [1.54, 1.807) is 0 Å². The van der Waals surface area contributed by atoms with E-state index in [0.29, 0.717) is 5.92 Å². The molecule has 0 saturated heterocycles. The molecule has 1 saturated carbocycles. The van der Waals surface area contributed by atoms with Gasteiger partial charge in [0.1, 0.15) is 6.10 Å². The van der Waals surface area contributed by atoms with Gasteiger partial charge in [-0.15, -0.1) is 0 Å². The number of rotatable bonds is 1. The monoisotopic (exact) mass is 317 g/mol. The summed E-state index contributed by atoms with van der Waals surface area (Å²) in [6, 6.07) is 16.4. The second-order valence-electron chi connectivity index (χ2n) is 6.79. The fourth-order valence-electron chi connectivity index (χ4n) is 4.46. The number of fused-ring (bicyclic) bond motifs is 5. The molecule has 2 aromatic heterocycles. The van der Waals surface area contributed by atoms with Gasteiger partial charge in [-0.2, -0.15) is 0 Å². The third-order valence-corrected chi connectivity index (χ3v) is 5.46. The van der Waals surface area contributed by atoms with Crippen molar-refractivity contribution < 1.29 is 9.53 Å². The predicted molar refractivity (Wildman–Crippen MR) is 93.2 cm³/mol. The predicted octanol–water partition coefficient (Wildman–Crippen LogP) is 4.80. The summed E-state index contributed by atoms with van der Waals surface area (Å²) in [6.45, 7) is 0. The molecule has 1 aromatic carbocycles. The molecule has 0 radical (unpaired) electrons. The van der Waals surface area contributed by atoms with Crippen LogP contribution in [0.1, 0.15) is 47.5 Å². The second-order valence-corrected chi connectivity index (χ2v) is 6.79. The summed E-state index contributed by atoms with van der Waals surface area (Å²) in [7, 11) is 0. The lowest BCUT2D eigenvalue weighted by Gasteiger charge is -2.35. The van der Waals surface area contributed by atoms with Gasteiger partial charge in [0.05, 0.1) is 16.8 Å². The first-order chi connectivity index (χ1) is 11.8. The van der Waals surface area contributed by atoms with E-state index in [2.05, 4.69) is 34.9 Å². The molecule has 3 heteroatoms. The number of benzene rings is 1. The lowest BCUT2D eigenvalue weighted by molar-refractivity contribution is 0.00830. The normalized spacial score (nSPS) is 22.8. The SMILES string of the molecule is O=C1O[C@@H]2CCCC[C@H]2c2c1c1ccccn1c2-c1ccccc1. The van der Waals surface area contributed by atoms with Gasteiger partial charge in [0.15, 0.2) is 0 Å². The summed E-state index contributed by atoms with van der Waals surface area (Å²) < 4.78 is 7.99. The van der Waals surface area contributed by atoms with Gasteiger partial charge in [-0.1, -0.05) is 42.8 Å². The van der Waals surface area contributed by atoms with Crippen LogP contribution in [0.2, 0.25) is 0 Å². The van der Waals surface area contributed by atoms with E-state index in [-0.39, 0.29) is 12.1 Å². The van der Waals surface area contributed by atoms with Crippen LogP contribution in [0.15, 0.2) is 54.7 Å². The first-order valence-electron chi connectivity index (χ1n) is 8.74. The molecule has 3 heterocycles. The highest BCUT2D eigenvalue weighted by atomic mass is 16.5. The van der Waals surface area contributed by atoms with E-state index in [1.807, 2.05) is 24.3 Å². The summed E-state index contributed by atoms with van der Waals surface area (Å²) in [6.07, 6.45) is 6.54. The largest absolute Gasteiger partial charge is 0.458 e. The smallest absolute Gasteiger partial charge is 0.340 e. The third kappa shape index (κ3) is 1.87. The van der Waals surface area contributed by atoms with E-state index < -0.39 is 0 Å². The summed E-state index contributed by atoms with van der Waals surface area (Å²) >= 11 is 0. The molecule has 120 valence electrons. The van der Waals surface area contributed by atoms with E-state index in [4.69, 9.17) is 4.74 Å². The maximum absolute atomic E-state index is 12.8. The number of ether oxygens (including phenoxy) is 1. The molecule has 1 fully saturated rings. The molecular weight excluding hydrogens is 298 g/mol. The maximum atomic E-state index is 12.8. The highest BCUT2D eigenvalue weighted by Crippen LogP contribution is 2.47. The first kappa shape index (κ1) is 13.8. The van der Waals surface area contributed by atoms with Crippen molar-refractivity contribution in [2.75, 3.05) is 0 Å². The second kappa shape index (κ2) is 5.23. The average Bonchev–Trinajstić information content (AvgIpc) is 2.98. The van der Waals surface area contributed by atoms with Crippen LogP contribution in [-0.4, -0.2) is 16.5 Å². The lowest BCUT2D eigenvalue weighted by Crippen LogP contribution is -2.34. The van der Waals surface area contributed by atoms with Gasteiger partial charge >= 0.3 is 5.97 Å². The van der Waals surface area contributed by atoms with Gasteiger partial charge in [-0.25, -0.2) is 4.79 Å². The summed E-state index contributed by atoms with van der Waals surface area (Å²) in [5.41, 5.74) is 5.26. The van der Waals surface area contributed by atoms with Crippen LogP contribution in [-0.2, 0) is 4.74 Å².